The van der Waals surface area contributed by atoms with E-state index in [1.54, 1.807) is 0 Å². The number of anilines is 3. The van der Waals surface area contributed by atoms with Crippen LogP contribution in [0.25, 0.3) is 0 Å². The van der Waals surface area contributed by atoms with Crippen molar-refractivity contribution in [1.29, 1.82) is 0 Å². The van der Waals surface area contributed by atoms with Crippen LogP contribution >= 0.6 is 0 Å². The second kappa shape index (κ2) is 4.35. The minimum absolute atomic E-state index is 0.309. The summed E-state index contributed by atoms with van der Waals surface area (Å²) in [5.41, 5.74) is 5.73. The molecule has 1 aromatic rings. The average Bonchev–Trinajstić information content (AvgIpc) is 3.13. The van der Waals surface area contributed by atoms with Crippen LogP contribution in [-0.4, -0.2) is 34.1 Å². The van der Waals surface area contributed by atoms with Crippen LogP contribution in [0.2, 0.25) is 0 Å². The minimum Gasteiger partial charge on any atom is -0.368 e. The molecule has 92 valence electrons. The second-order valence-electron chi connectivity index (χ2n) is 4.78. The first-order valence-corrected chi connectivity index (χ1v) is 6.34. The Morgan fingerprint density at radius 3 is 2.53 bits per heavy atom. The number of nitrogens with zero attached hydrogens (tertiary/aromatic N) is 4. The van der Waals surface area contributed by atoms with Gasteiger partial charge in [-0.3, -0.25) is 0 Å². The molecule has 2 aliphatic rings. The Kier molecular flexibility index (Phi) is 2.70. The van der Waals surface area contributed by atoms with Gasteiger partial charge in [0.1, 0.15) is 0 Å². The van der Waals surface area contributed by atoms with E-state index >= 15 is 0 Å². The number of nitrogen functional groups attached to an aromatic ring is 1. The molecule has 2 fully saturated rings. The third-order valence-corrected chi connectivity index (χ3v) is 3.19. The Bertz CT molecular complexity index is 397. The Balaban J connectivity index is 1.79. The van der Waals surface area contributed by atoms with Crippen molar-refractivity contribution in [2.75, 3.05) is 29.0 Å². The lowest BCUT2D eigenvalue weighted by Gasteiger charge is -2.26. The van der Waals surface area contributed by atoms with Gasteiger partial charge >= 0.3 is 0 Å². The Morgan fingerprint density at radius 2 is 1.82 bits per heavy atom. The van der Waals surface area contributed by atoms with Crippen LogP contribution in [0.15, 0.2) is 0 Å². The lowest BCUT2D eigenvalue weighted by molar-refractivity contribution is 0.568. The maximum atomic E-state index is 5.73. The summed E-state index contributed by atoms with van der Waals surface area (Å²) in [7, 11) is 0. The molecule has 0 spiro atoms. The quantitative estimate of drug-likeness (QED) is 0.812. The van der Waals surface area contributed by atoms with Crippen LogP contribution in [0, 0.1) is 0 Å². The first-order chi connectivity index (χ1) is 8.31. The molecule has 6 nitrogen and oxygen atoms in total. The molecule has 1 saturated heterocycles. The van der Waals surface area contributed by atoms with Crippen molar-refractivity contribution in [1.82, 2.24) is 15.0 Å². The highest BCUT2D eigenvalue weighted by atomic mass is 15.3. The molecule has 0 atom stereocenters. The van der Waals surface area contributed by atoms with Crippen molar-refractivity contribution in [3.63, 3.8) is 0 Å². The van der Waals surface area contributed by atoms with E-state index < -0.39 is 0 Å². The van der Waals surface area contributed by atoms with Gasteiger partial charge in [-0.25, -0.2) is 0 Å². The second-order valence-corrected chi connectivity index (χ2v) is 4.78. The molecule has 3 N–H and O–H groups in total. The van der Waals surface area contributed by atoms with Crippen LogP contribution < -0.4 is 16.0 Å². The lowest BCUT2D eigenvalue weighted by Crippen LogP contribution is -2.31. The Labute approximate surface area is 101 Å². The fraction of sp³-hybridized carbons (Fsp3) is 0.727. The molecule has 1 aliphatic carbocycles. The molecule has 1 aromatic heterocycles. The van der Waals surface area contributed by atoms with Crippen molar-refractivity contribution in [3.05, 3.63) is 0 Å². The van der Waals surface area contributed by atoms with Crippen molar-refractivity contribution in [2.24, 2.45) is 0 Å². The molecule has 0 amide bonds. The zero-order chi connectivity index (χ0) is 11.7. The monoisotopic (exact) mass is 234 g/mol. The molecule has 0 bridgehead atoms. The first-order valence-electron chi connectivity index (χ1n) is 6.34. The summed E-state index contributed by atoms with van der Waals surface area (Å²) in [4.78, 5) is 15.0. The third kappa shape index (κ3) is 2.57. The molecule has 0 unspecified atom stereocenters. The molecule has 1 saturated carbocycles. The van der Waals surface area contributed by atoms with E-state index in [4.69, 9.17) is 5.73 Å². The maximum absolute atomic E-state index is 5.73. The number of nitrogens with one attached hydrogen (secondary N) is 1. The highest BCUT2D eigenvalue weighted by molar-refractivity contribution is 5.43. The summed E-state index contributed by atoms with van der Waals surface area (Å²) in [5.74, 6) is 1.66. The number of nitrogens with two attached hydrogens (primary N) is 1. The molecule has 0 radical (unpaired) electrons. The minimum atomic E-state index is 0.309. The number of hydrogen-bond donors (Lipinski definition) is 2. The van der Waals surface area contributed by atoms with Gasteiger partial charge in [0.2, 0.25) is 17.8 Å². The molecule has 2 heterocycles. The van der Waals surface area contributed by atoms with Crippen molar-refractivity contribution in [3.8, 4) is 0 Å². The summed E-state index contributed by atoms with van der Waals surface area (Å²) < 4.78 is 0. The van der Waals surface area contributed by atoms with Crippen LogP contribution in [0.5, 0.6) is 0 Å². The van der Waals surface area contributed by atoms with Gasteiger partial charge in [0.25, 0.3) is 0 Å². The fourth-order valence-corrected chi connectivity index (χ4v) is 2.09. The van der Waals surface area contributed by atoms with E-state index in [2.05, 4.69) is 25.2 Å². The normalized spacial score (nSPS) is 20.4. The lowest BCUT2D eigenvalue weighted by atomic mass is 10.1. The van der Waals surface area contributed by atoms with Gasteiger partial charge in [0.05, 0.1) is 0 Å². The van der Waals surface area contributed by atoms with Gasteiger partial charge in [-0.15, -0.1) is 0 Å². The molecule has 1 aliphatic heterocycles. The van der Waals surface area contributed by atoms with Crippen molar-refractivity contribution in [2.45, 2.75) is 38.1 Å². The van der Waals surface area contributed by atoms with Crippen LogP contribution in [0.1, 0.15) is 32.1 Å². The van der Waals surface area contributed by atoms with Gasteiger partial charge in [-0.2, -0.15) is 15.0 Å². The highest BCUT2D eigenvalue weighted by Crippen LogP contribution is 2.24. The van der Waals surface area contributed by atoms with Crippen LogP contribution in [0.4, 0.5) is 17.8 Å². The van der Waals surface area contributed by atoms with Crippen LogP contribution in [-0.2, 0) is 0 Å². The topological polar surface area (TPSA) is 80.0 Å². The zero-order valence-electron chi connectivity index (χ0n) is 9.89. The average molecular weight is 234 g/mol. The van der Waals surface area contributed by atoms with Gasteiger partial charge < -0.3 is 16.0 Å². The van der Waals surface area contributed by atoms with Gasteiger partial charge in [-0.05, 0) is 32.1 Å². The third-order valence-electron chi connectivity index (χ3n) is 3.19. The number of aromatic nitrogens is 3. The predicted molar refractivity (Wildman–Crippen MR) is 66.9 cm³/mol. The smallest absolute Gasteiger partial charge is 0.231 e. The fourth-order valence-electron chi connectivity index (χ4n) is 2.09. The molecule has 3 rings (SSSR count). The standard InChI is InChI=1S/C11H18N6/c12-9-14-10(13-8-4-5-8)16-11(15-9)17-6-2-1-3-7-17/h8H,1-7H2,(H3,12,13,14,15,16). The van der Waals surface area contributed by atoms with E-state index in [1.165, 1.54) is 32.1 Å². The summed E-state index contributed by atoms with van der Waals surface area (Å²) in [6.07, 6.45) is 6.10. The first kappa shape index (κ1) is 10.6. The van der Waals surface area contributed by atoms with Gasteiger partial charge in [0, 0.05) is 19.1 Å². The molecule has 17 heavy (non-hydrogen) atoms. The predicted octanol–water partition coefficient (Wildman–Crippen LogP) is 1.02. The van der Waals surface area contributed by atoms with E-state index in [9.17, 15) is 0 Å². The van der Waals surface area contributed by atoms with E-state index in [0.29, 0.717) is 17.9 Å². The molecular weight excluding hydrogens is 216 g/mol. The Hall–Kier alpha value is -1.59. The SMILES string of the molecule is Nc1nc(NC2CC2)nc(N2CCCCC2)n1. The summed E-state index contributed by atoms with van der Waals surface area (Å²) >= 11 is 0. The molecule has 6 heteroatoms. The summed E-state index contributed by atoms with van der Waals surface area (Å²) in [6.45, 7) is 2.04. The van der Waals surface area contributed by atoms with Gasteiger partial charge in [-0.1, -0.05) is 0 Å². The van der Waals surface area contributed by atoms with E-state index in [1.807, 2.05) is 0 Å². The van der Waals surface area contributed by atoms with E-state index in [0.717, 1.165) is 19.0 Å². The molecule has 0 aromatic carbocycles. The van der Waals surface area contributed by atoms with Crippen molar-refractivity contribution >= 4 is 17.8 Å². The number of rotatable bonds is 3. The van der Waals surface area contributed by atoms with E-state index in [-0.39, 0.29) is 0 Å². The highest BCUT2D eigenvalue weighted by Gasteiger charge is 2.23. The van der Waals surface area contributed by atoms with Crippen LogP contribution in [0.3, 0.4) is 0 Å². The number of piperidine rings is 1. The number of hydrogen-bond acceptors (Lipinski definition) is 6. The van der Waals surface area contributed by atoms with Gasteiger partial charge in [0.15, 0.2) is 0 Å². The largest absolute Gasteiger partial charge is 0.368 e. The summed E-state index contributed by atoms with van der Waals surface area (Å²) in [6, 6.07) is 0.533. The molecular formula is C11H18N6. The van der Waals surface area contributed by atoms with Crippen molar-refractivity contribution < 1.29 is 0 Å². The zero-order valence-corrected chi connectivity index (χ0v) is 9.89. The Morgan fingerprint density at radius 1 is 1.06 bits per heavy atom. The summed E-state index contributed by atoms with van der Waals surface area (Å²) in [5, 5.41) is 3.27. The maximum Gasteiger partial charge on any atom is 0.231 e.